The van der Waals surface area contributed by atoms with Crippen LogP contribution in [0.25, 0.3) is 0 Å². The molecule has 1 N–H and O–H groups in total. The number of nitrogens with one attached hydrogen (secondary N) is 1. The lowest BCUT2D eigenvalue weighted by Crippen LogP contribution is -2.47. The van der Waals surface area contributed by atoms with Crippen LogP contribution in [0.15, 0.2) is 18.2 Å². The van der Waals surface area contributed by atoms with E-state index in [9.17, 15) is 27.6 Å². The fourth-order valence-electron chi connectivity index (χ4n) is 3.45. The van der Waals surface area contributed by atoms with Crippen LogP contribution in [-0.2, 0) is 0 Å². The molecular formula is C17H17F3N2O3. The van der Waals surface area contributed by atoms with Crippen LogP contribution in [0, 0.1) is 5.92 Å². The van der Waals surface area contributed by atoms with Crippen molar-refractivity contribution in [2.24, 2.45) is 5.92 Å². The monoisotopic (exact) mass is 354 g/mol. The first-order valence-corrected chi connectivity index (χ1v) is 8.04. The van der Waals surface area contributed by atoms with Crippen molar-refractivity contribution in [3.05, 3.63) is 34.9 Å². The number of nitrogens with zero attached hydrogens (tertiary/aromatic N) is 1. The summed E-state index contributed by atoms with van der Waals surface area (Å²) >= 11 is 0. The number of hydrogen-bond acceptors (Lipinski definition) is 3. The van der Waals surface area contributed by atoms with Crippen LogP contribution in [0.1, 0.15) is 56.8 Å². The number of carbonyl (C=O) groups is 3. The molecule has 1 aromatic carbocycles. The van der Waals surface area contributed by atoms with Crippen molar-refractivity contribution in [2.45, 2.75) is 37.9 Å². The summed E-state index contributed by atoms with van der Waals surface area (Å²) in [6.07, 6.45) is -2.99. The van der Waals surface area contributed by atoms with Crippen molar-refractivity contribution in [1.82, 2.24) is 10.2 Å². The van der Waals surface area contributed by atoms with Crippen molar-refractivity contribution in [3.8, 4) is 0 Å². The minimum atomic E-state index is -4.36. The van der Waals surface area contributed by atoms with E-state index in [1.54, 1.807) is 0 Å². The number of rotatable bonds is 2. The second-order valence-electron chi connectivity index (χ2n) is 6.44. The normalized spacial score (nSPS) is 23.6. The lowest BCUT2D eigenvalue weighted by molar-refractivity contribution is -0.187. The summed E-state index contributed by atoms with van der Waals surface area (Å²) in [6, 6.07) is 2.99. The van der Waals surface area contributed by atoms with Gasteiger partial charge in [0.1, 0.15) is 0 Å². The molecule has 1 heterocycles. The third-order valence-electron chi connectivity index (χ3n) is 4.85. The highest BCUT2D eigenvalue weighted by molar-refractivity contribution is 6.21. The van der Waals surface area contributed by atoms with E-state index in [4.69, 9.17) is 0 Å². The van der Waals surface area contributed by atoms with E-state index in [-0.39, 0.29) is 29.5 Å². The van der Waals surface area contributed by atoms with Crippen LogP contribution in [-0.4, -0.2) is 41.9 Å². The van der Waals surface area contributed by atoms with E-state index in [2.05, 4.69) is 5.32 Å². The maximum Gasteiger partial charge on any atom is 0.393 e. The van der Waals surface area contributed by atoms with Crippen LogP contribution < -0.4 is 5.32 Å². The fourth-order valence-corrected chi connectivity index (χ4v) is 3.45. The van der Waals surface area contributed by atoms with Crippen molar-refractivity contribution >= 4 is 17.7 Å². The third-order valence-corrected chi connectivity index (χ3v) is 4.85. The van der Waals surface area contributed by atoms with Gasteiger partial charge in [-0.1, -0.05) is 12.8 Å². The molecule has 1 saturated carbocycles. The minimum Gasteiger partial charge on any atom is -0.349 e. The maximum atomic E-state index is 13.1. The maximum absolute atomic E-state index is 13.1. The molecular weight excluding hydrogens is 337 g/mol. The molecule has 0 spiro atoms. The SMILES string of the molecule is CN1C(=O)c2ccc(C(=O)N[C@@H]3CCCC[C@H]3C(F)(F)F)cc2C1=O. The van der Waals surface area contributed by atoms with Gasteiger partial charge in [0.25, 0.3) is 17.7 Å². The summed E-state index contributed by atoms with van der Waals surface area (Å²) < 4.78 is 39.4. The zero-order valence-corrected chi connectivity index (χ0v) is 13.5. The number of carbonyl (C=O) groups excluding carboxylic acids is 3. The number of imide groups is 1. The van der Waals surface area contributed by atoms with E-state index >= 15 is 0 Å². The third kappa shape index (κ3) is 3.12. The first-order valence-electron chi connectivity index (χ1n) is 8.04. The van der Waals surface area contributed by atoms with E-state index < -0.39 is 35.9 Å². The molecule has 0 radical (unpaired) electrons. The molecule has 8 heteroatoms. The Morgan fingerprint density at radius 1 is 1.12 bits per heavy atom. The Kier molecular flexibility index (Phi) is 4.30. The molecule has 0 aromatic heterocycles. The van der Waals surface area contributed by atoms with Gasteiger partial charge in [-0.05, 0) is 31.0 Å². The first kappa shape index (κ1) is 17.4. The number of halogens is 3. The van der Waals surface area contributed by atoms with Gasteiger partial charge in [-0.2, -0.15) is 13.2 Å². The van der Waals surface area contributed by atoms with E-state index in [0.29, 0.717) is 12.8 Å². The molecule has 2 atom stereocenters. The minimum absolute atomic E-state index is 0.00355. The Morgan fingerprint density at radius 2 is 1.76 bits per heavy atom. The zero-order valence-electron chi connectivity index (χ0n) is 13.5. The van der Waals surface area contributed by atoms with Crippen LogP contribution in [0.4, 0.5) is 13.2 Å². The Morgan fingerprint density at radius 3 is 2.44 bits per heavy atom. The molecule has 3 amide bonds. The second-order valence-corrected chi connectivity index (χ2v) is 6.44. The molecule has 134 valence electrons. The summed E-state index contributed by atoms with van der Waals surface area (Å²) in [5.74, 6) is -3.22. The Hall–Kier alpha value is -2.38. The predicted octanol–water partition coefficient (Wildman–Crippen LogP) is 2.76. The molecule has 0 bridgehead atoms. The summed E-state index contributed by atoms with van der Waals surface area (Å²) in [5.41, 5.74) is 0.354. The Bertz CT molecular complexity index is 745. The molecule has 25 heavy (non-hydrogen) atoms. The largest absolute Gasteiger partial charge is 0.393 e. The Balaban J connectivity index is 1.80. The Labute approximate surface area is 142 Å². The van der Waals surface area contributed by atoms with Gasteiger partial charge < -0.3 is 5.32 Å². The molecule has 1 aliphatic heterocycles. The lowest BCUT2D eigenvalue weighted by Gasteiger charge is -2.33. The van der Waals surface area contributed by atoms with Gasteiger partial charge in [0.05, 0.1) is 17.0 Å². The predicted molar refractivity (Wildman–Crippen MR) is 82.1 cm³/mol. The first-order chi connectivity index (χ1) is 11.7. The summed E-state index contributed by atoms with van der Waals surface area (Å²) in [4.78, 5) is 37.1. The fraction of sp³-hybridized carbons (Fsp3) is 0.471. The van der Waals surface area contributed by atoms with E-state index in [1.165, 1.54) is 25.2 Å². The number of hydrogen-bond donors (Lipinski definition) is 1. The van der Waals surface area contributed by atoms with Gasteiger partial charge in [-0.25, -0.2) is 0 Å². The molecule has 0 saturated heterocycles. The van der Waals surface area contributed by atoms with Crippen LogP contribution in [0.3, 0.4) is 0 Å². The van der Waals surface area contributed by atoms with Gasteiger partial charge in [-0.3, -0.25) is 19.3 Å². The molecule has 5 nitrogen and oxygen atoms in total. The summed E-state index contributed by atoms with van der Waals surface area (Å²) in [6.45, 7) is 0. The smallest absolute Gasteiger partial charge is 0.349 e. The quantitative estimate of drug-likeness (QED) is 0.831. The lowest BCUT2D eigenvalue weighted by atomic mass is 9.84. The highest BCUT2D eigenvalue weighted by atomic mass is 19.4. The number of alkyl halides is 3. The van der Waals surface area contributed by atoms with Crippen molar-refractivity contribution in [3.63, 3.8) is 0 Å². The van der Waals surface area contributed by atoms with Gasteiger partial charge in [0.15, 0.2) is 0 Å². The average molecular weight is 354 g/mol. The van der Waals surface area contributed by atoms with Crippen LogP contribution in [0.5, 0.6) is 0 Å². The topological polar surface area (TPSA) is 66.5 Å². The van der Waals surface area contributed by atoms with Gasteiger partial charge in [0, 0.05) is 18.7 Å². The zero-order chi connectivity index (χ0) is 18.4. The number of benzene rings is 1. The summed E-state index contributed by atoms with van der Waals surface area (Å²) in [5, 5.41) is 2.45. The number of amides is 3. The average Bonchev–Trinajstić information content (AvgIpc) is 2.78. The highest BCUT2D eigenvalue weighted by Gasteiger charge is 2.46. The highest BCUT2D eigenvalue weighted by Crippen LogP contribution is 2.37. The number of fused-ring (bicyclic) bond motifs is 1. The van der Waals surface area contributed by atoms with E-state index in [1.807, 2.05) is 0 Å². The molecule has 1 aromatic rings. The van der Waals surface area contributed by atoms with Gasteiger partial charge in [0.2, 0.25) is 0 Å². The van der Waals surface area contributed by atoms with Gasteiger partial charge in [-0.15, -0.1) is 0 Å². The molecule has 1 fully saturated rings. The van der Waals surface area contributed by atoms with Crippen LogP contribution in [0.2, 0.25) is 0 Å². The molecule has 2 aliphatic rings. The van der Waals surface area contributed by atoms with E-state index in [0.717, 1.165) is 4.90 Å². The molecule has 3 rings (SSSR count). The second kappa shape index (κ2) is 6.16. The van der Waals surface area contributed by atoms with Crippen molar-refractivity contribution in [1.29, 1.82) is 0 Å². The molecule has 1 aliphatic carbocycles. The van der Waals surface area contributed by atoms with Crippen molar-refractivity contribution < 1.29 is 27.6 Å². The van der Waals surface area contributed by atoms with Gasteiger partial charge >= 0.3 is 6.18 Å². The molecule has 0 unspecified atom stereocenters. The standard InChI is InChI=1S/C17H17F3N2O3/c1-22-15(24)10-7-6-9(8-11(10)16(22)25)14(23)21-13-5-3-2-4-12(13)17(18,19)20/h6-8,12-13H,2-5H2,1H3,(H,21,23)/t12-,13-/m1/s1. The van der Waals surface area contributed by atoms with Crippen molar-refractivity contribution in [2.75, 3.05) is 7.05 Å². The summed E-state index contributed by atoms with van der Waals surface area (Å²) in [7, 11) is 1.33. The van der Waals surface area contributed by atoms with Crippen LogP contribution >= 0.6 is 0 Å².